The molecular weight excluding hydrogens is 454 g/mol. The van der Waals surface area contributed by atoms with Gasteiger partial charge in [-0.05, 0) is 30.3 Å². The molecule has 0 spiro atoms. The molecule has 2 aromatic carbocycles. The third-order valence-corrected chi connectivity index (χ3v) is 5.88. The molecule has 3 aromatic rings. The largest absolute Gasteiger partial charge is 0.497 e. The molecule has 0 aliphatic carbocycles. The van der Waals surface area contributed by atoms with Crippen LogP contribution < -0.4 is 29.0 Å². The van der Waals surface area contributed by atoms with Crippen LogP contribution in [0.25, 0.3) is 11.3 Å². The van der Waals surface area contributed by atoms with Crippen molar-refractivity contribution in [3.8, 4) is 40.0 Å². The van der Waals surface area contributed by atoms with E-state index in [1.54, 1.807) is 21.3 Å². The normalized spacial score (nSPS) is 16.1. The standard InChI is InChI=1S/C25H27N3O7/c1-29-18-6-4-15(5-7-18)21-11-20(35-28-21)13-26-12-17-10-19(34-27-17)8-16-9-22(30-2)24-25(23(16)31-3)33-14-32-24/h4-7,9,11,19,26H,8,10,12-14H2,1-3H3. The lowest BCUT2D eigenvalue weighted by atomic mass is 10.0. The molecule has 184 valence electrons. The van der Waals surface area contributed by atoms with E-state index in [1.807, 2.05) is 36.4 Å². The summed E-state index contributed by atoms with van der Waals surface area (Å²) in [7, 11) is 4.85. The monoisotopic (exact) mass is 481 g/mol. The van der Waals surface area contributed by atoms with Crippen molar-refractivity contribution in [1.82, 2.24) is 10.5 Å². The minimum atomic E-state index is -0.113. The van der Waals surface area contributed by atoms with Crippen LogP contribution >= 0.6 is 0 Å². The Hall–Kier alpha value is -3.92. The van der Waals surface area contributed by atoms with E-state index >= 15 is 0 Å². The Morgan fingerprint density at radius 2 is 1.80 bits per heavy atom. The van der Waals surface area contributed by atoms with Crippen molar-refractivity contribution in [2.24, 2.45) is 5.16 Å². The number of benzene rings is 2. The highest BCUT2D eigenvalue weighted by atomic mass is 16.7. The minimum Gasteiger partial charge on any atom is -0.497 e. The summed E-state index contributed by atoms with van der Waals surface area (Å²) in [4.78, 5) is 5.68. The molecule has 0 amide bonds. The molecule has 35 heavy (non-hydrogen) atoms. The van der Waals surface area contributed by atoms with Crippen LogP contribution in [0.15, 0.2) is 46.1 Å². The van der Waals surface area contributed by atoms with E-state index in [9.17, 15) is 0 Å². The Balaban J connectivity index is 1.13. The number of rotatable bonds is 10. The average Bonchev–Trinajstić information content (AvgIpc) is 3.65. The molecule has 0 bridgehead atoms. The van der Waals surface area contributed by atoms with Crippen molar-refractivity contribution in [3.63, 3.8) is 0 Å². The summed E-state index contributed by atoms with van der Waals surface area (Å²) in [6.07, 6.45) is 1.18. The molecule has 10 nitrogen and oxygen atoms in total. The number of nitrogens with zero attached hydrogens (tertiary/aromatic N) is 2. The summed E-state index contributed by atoms with van der Waals surface area (Å²) in [5.41, 5.74) is 3.58. The molecule has 0 saturated heterocycles. The second-order valence-electron chi connectivity index (χ2n) is 8.14. The summed E-state index contributed by atoms with van der Waals surface area (Å²) in [6.45, 7) is 1.24. The van der Waals surface area contributed by atoms with E-state index in [4.69, 9.17) is 33.0 Å². The predicted octanol–water partition coefficient (Wildman–Crippen LogP) is 3.57. The molecule has 10 heteroatoms. The second kappa shape index (κ2) is 10.1. The van der Waals surface area contributed by atoms with E-state index in [1.165, 1.54) is 0 Å². The van der Waals surface area contributed by atoms with Crippen LogP contribution in [0, 0.1) is 0 Å². The van der Waals surface area contributed by atoms with Gasteiger partial charge in [-0.2, -0.15) is 0 Å². The fraction of sp³-hybridized carbons (Fsp3) is 0.360. The number of fused-ring (bicyclic) bond motifs is 1. The number of hydrogen-bond acceptors (Lipinski definition) is 10. The topological polar surface area (TPSA) is 106 Å². The van der Waals surface area contributed by atoms with Crippen LogP contribution in [0.4, 0.5) is 0 Å². The summed E-state index contributed by atoms with van der Waals surface area (Å²) < 4.78 is 32.8. The first-order valence-corrected chi connectivity index (χ1v) is 11.2. The molecular formula is C25H27N3O7. The number of methoxy groups -OCH3 is 3. The van der Waals surface area contributed by atoms with Crippen molar-refractivity contribution in [3.05, 3.63) is 47.7 Å². The third-order valence-electron chi connectivity index (χ3n) is 5.88. The first-order chi connectivity index (χ1) is 17.2. The Kier molecular flexibility index (Phi) is 6.62. The summed E-state index contributed by atoms with van der Waals surface area (Å²) in [5.74, 6) is 3.90. The Labute approximate surface area is 202 Å². The van der Waals surface area contributed by atoms with Crippen molar-refractivity contribution < 1.29 is 33.0 Å². The first kappa shape index (κ1) is 22.9. The molecule has 2 aliphatic rings. The zero-order chi connectivity index (χ0) is 24.2. The molecule has 1 aromatic heterocycles. The van der Waals surface area contributed by atoms with Crippen molar-refractivity contribution >= 4 is 5.71 Å². The molecule has 3 heterocycles. The molecule has 0 saturated carbocycles. The summed E-state index contributed by atoms with van der Waals surface area (Å²) >= 11 is 0. The number of oxime groups is 1. The van der Waals surface area contributed by atoms with Gasteiger partial charge in [0.2, 0.25) is 18.3 Å². The lowest BCUT2D eigenvalue weighted by Gasteiger charge is -2.15. The SMILES string of the molecule is COc1ccc(-c2cc(CNCC3=NOC(Cc4cc(OC)c5c(c4OC)OCO5)C3)on2)cc1. The highest BCUT2D eigenvalue weighted by Gasteiger charge is 2.30. The Morgan fingerprint density at radius 1 is 0.971 bits per heavy atom. The van der Waals surface area contributed by atoms with E-state index in [0.717, 1.165) is 34.0 Å². The number of aromatic nitrogens is 1. The van der Waals surface area contributed by atoms with Crippen LogP contribution in [-0.4, -0.2) is 51.6 Å². The van der Waals surface area contributed by atoms with Crippen molar-refractivity contribution in [2.45, 2.75) is 25.5 Å². The lowest BCUT2D eigenvalue weighted by molar-refractivity contribution is 0.0853. The summed E-state index contributed by atoms with van der Waals surface area (Å²) in [6, 6.07) is 11.5. The van der Waals surface area contributed by atoms with Crippen molar-refractivity contribution in [1.29, 1.82) is 0 Å². The molecule has 1 atom stereocenters. The van der Waals surface area contributed by atoms with E-state index in [-0.39, 0.29) is 12.9 Å². The van der Waals surface area contributed by atoms with E-state index in [2.05, 4.69) is 15.6 Å². The number of ether oxygens (including phenoxy) is 5. The smallest absolute Gasteiger partial charge is 0.231 e. The zero-order valence-electron chi connectivity index (χ0n) is 19.8. The van der Waals surface area contributed by atoms with Gasteiger partial charge in [0.25, 0.3) is 0 Å². The molecule has 2 aliphatic heterocycles. The Bertz CT molecular complexity index is 1210. The Morgan fingerprint density at radius 3 is 2.57 bits per heavy atom. The van der Waals surface area contributed by atoms with Gasteiger partial charge in [0, 0.05) is 36.6 Å². The molecule has 0 radical (unpaired) electrons. The third kappa shape index (κ3) is 4.83. The van der Waals surface area contributed by atoms with Crippen LogP contribution in [0.3, 0.4) is 0 Å². The fourth-order valence-corrected chi connectivity index (χ4v) is 4.16. The maximum atomic E-state index is 5.68. The van der Waals surface area contributed by atoms with Gasteiger partial charge in [0.05, 0.1) is 33.6 Å². The quantitative estimate of drug-likeness (QED) is 0.465. The molecule has 0 fully saturated rings. The van der Waals surface area contributed by atoms with Crippen molar-refractivity contribution in [2.75, 3.05) is 34.7 Å². The molecule has 1 N–H and O–H groups in total. The van der Waals surface area contributed by atoms with E-state index < -0.39 is 0 Å². The fourth-order valence-electron chi connectivity index (χ4n) is 4.16. The van der Waals surface area contributed by atoms with Crippen LogP contribution in [0.1, 0.15) is 17.7 Å². The molecule has 1 unspecified atom stereocenters. The zero-order valence-corrected chi connectivity index (χ0v) is 19.8. The maximum Gasteiger partial charge on any atom is 0.231 e. The van der Waals surface area contributed by atoms with Gasteiger partial charge < -0.3 is 38.4 Å². The maximum absolute atomic E-state index is 5.68. The van der Waals surface area contributed by atoms with Gasteiger partial charge in [-0.25, -0.2) is 0 Å². The first-order valence-electron chi connectivity index (χ1n) is 11.2. The van der Waals surface area contributed by atoms with Gasteiger partial charge in [0.1, 0.15) is 17.5 Å². The number of hydrogen-bond donors (Lipinski definition) is 1. The highest BCUT2D eigenvalue weighted by molar-refractivity contribution is 5.87. The van der Waals surface area contributed by atoms with E-state index in [0.29, 0.717) is 48.9 Å². The highest BCUT2D eigenvalue weighted by Crippen LogP contribution is 2.50. The molecule has 5 rings (SSSR count). The van der Waals surface area contributed by atoms with Gasteiger partial charge in [-0.1, -0.05) is 10.3 Å². The minimum absolute atomic E-state index is 0.113. The van der Waals surface area contributed by atoms with Gasteiger partial charge in [0.15, 0.2) is 17.3 Å². The van der Waals surface area contributed by atoms with Gasteiger partial charge >= 0.3 is 0 Å². The summed E-state index contributed by atoms with van der Waals surface area (Å²) in [5, 5.41) is 11.7. The average molecular weight is 482 g/mol. The number of nitrogens with one attached hydrogen (secondary N) is 1. The second-order valence-corrected chi connectivity index (χ2v) is 8.14. The predicted molar refractivity (Wildman–Crippen MR) is 126 cm³/mol. The van der Waals surface area contributed by atoms with Crippen LogP contribution in [0.5, 0.6) is 28.7 Å². The van der Waals surface area contributed by atoms with Gasteiger partial charge in [-0.15, -0.1) is 0 Å². The van der Waals surface area contributed by atoms with Crippen LogP contribution in [-0.2, 0) is 17.8 Å². The lowest BCUT2D eigenvalue weighted by Crippen LogP contribution is -2.23. The van der Waals surface area contributed by atoms with Crippen LogP contribution in [0.2, 0.25) is 0 Å². The van der Waals surface area contributed by atoms with Gasteiger partial charge in [-0.3, -0.25) is 0 Å².